The largest absolute Gasteiger partial charge is 0.361 e. The Labute approximate surface area is 136 Å². The molecule has 0 N–H and O–H groups in total. The number of amides is 2. The molecule has 2 fully saturated rings. The molecule has 23 heavy (non-hydrogen) atoms. The average molecular weight is 319 g/mol. The third-order valence-corrected chi connectivity index (χ3v) is 5.57. The molecule has 1 aliphatic heterocycles. The fraction of sp³-hybridized carbons (Fsp3) is 0.706. The highest BCUT2D eigenvalue weighted by Gasteiger charge is 2.51. The van der Waals surface area contributed by atoms with Gasteiger partial charge in [-0.05, 0) is 33.1 Å². The van der Waals surface area contributed by atoms with Gasteiger partial charge in [0.15, 0.2) is 0 Å². The van der Waals surface area contributed by atoms with Crippen LogP contribution in [0.1, 0.15) is 47.5 Å². The zero-order valence-electron chi connectivity index (χ0n) is 14.4. The normalized spacial score (nSPS) is 27.0. The lowest BCUT2D eigenvalue weighted by Gasteiger charge is -2.32. The molecule has 2 unspecified atom stereocenters. The van der Waals surface area contributed by atoms with Gasteiger partial charge in [0.05, 0.1) is 5.69 Å². The third kappa shape index (κ3) is 2.54. The highest BCUT2D eigenvalue weighted by molar-refractivity contribution is 5.96. The number of nitrogens with zero attached hydrogens (tertiary/aromatic N) is 3. The van der Waals surface area contributed by atoms with Crippen molar-refractivity contribution in [1.29, 1.82) is 0 Å². The van der Waals surface area contributed by atoms with Gasteiger partial charge in [-0.25, -0.2) is 0 Å². The Hall–Kier alpha value is -1.85. The molecule has 3 rings (SSSR count). The quantitative estimate of drug-likeness (QED) is 0.836. The number of hydrogen-bond acceptors (Lipinski definition) is 4. The van der Waals surface area contributed by atoms with E-state index in [0.29, 0.717) is 30.1 Å². The molecule has 2 aliphatic rings. The van der Waals surface area contributed by atoms with Crippen LogP contribution < -0.4 is 0 Å². The zero-order valence-corrected chi connectivity index (χ0v) is 14.4. The van der Waals surface area contributed by atoms with Crippen LogP contribution in [-0.4, -0.2) is 54.0 Å². The summed E-state index contributed by atoms with van der Waals surface area (Å²) in [5.74, 6) is 0.802. The lowest BCUT2D eigenvalue weighted by molar-refractivity contribution is -0.136. The first-order valence-corrected chi connectivity index (χ1v) is 8.29. The van der Waals surface area contributed by atoms with Crippen LogP contribution in [0.4, 0.5) is 0 Å². The van der Waals surface area contributed by atoms with Crippen molar-refractivity contribution in [3.8, 4) is 0 Å². The molecule has 6 heteroatoms. The molecule has 1 spiro atoms. The summed E-state index contributed by atoms with van der Waals surface area (Å²) in [4.78, 5) is 28.9. The molecule has 2 atom stereocenters. The van der Waals surface area contributed by atoms with Crippen molar-refractivity contribution < 1.29 is 14.1 Å². The summed E-state index contributed by atoms with van der Waals surface area (Å²) in [5.41, 5.74) is 1.17. The standard InChI is InChI=1S/C17H25N3O3/c1-11-14(12(2)23-18-11)16(22)20-9-8-17(10-20)7-5-6-13(17)15(21)19(3)4/h13H,5-10H2,1-4H3. The van der Waals surface area contributed by atoms with Gasteiger partial charge >= 0.3 is 0 Å². The molecule has 2 heterocycles. The van der Waals surface area contributed by atoms with Crippen molar-refractivity contribution in [2.75, 3.05) is 27.2 Å². The van der Waals surface area contributed by atoms with E-state index < -0.39 is 0 Å². The van der Waals surface area contributed by atoms with Crippen LogP contribution in [0.15, 0.2) is 4.52 Å². The maximum Gasteiger partial charge on any atom is 0.259 e. The van der Waals surface area contributed by atoms with Crippen LogP contribution in [0.5, 0.6) is 0 Å². The van der Waals surface area contributed by atoms with Crippen LogP contribution in [0, 0.1) is 25.2 Å². The molecule has 2 amide bonds. The van der Waals surface area contributed by atoms with E-state index in [0.717, 1.165) is 25.7 Å². The minimum Gasteiger partial charge on any atom is -0.361 e. The van der Waals surface area contributed by atoms with Crippen molar-refractivity contribution in [3.63, 3.8) is 0 Å². The molecule has 0 radical (unpaired) electrons. The molecule has 0 aromatic carbocycles. The maximum atomic E-state index is 12.8. The molecule has 126 valence electrons. The SMILES string of the molecule is Cc1noc(C)c1C(=O)N1CCC2(CCCC2C(=O)N(C)C)C1. The van der Waals surface area contributed by atoms with Gasteiger partial charge in [-0.1, -0.05) is 11.6 Å². The van der Waals surface area contributed by atoms with Gasteiger partial charge in [0.25, 0.3) is 5.91 Å². The van der Waals surface area contributed by atoms with Gasteiger partial charge in [-0.3, -0.25) is 9.59 Å². The van der Waals surface area contributed by atoms with Gasteiger partial charge in [0.2, 0.25) is 5.91 Å². The molecule has 1 aliphatic carbocycles. The van der Waals surface area contributed by atoms with Gasteiger partial charge in [-0.15, -0.1) is 0 Å². The van der Waals surface area contributed by atoms with Crippen molar-refractivity contribution >= 4 is 11.8 Å². The number of aromatic nitrogens is 1. The van der Waals surface area contributed by atoms with Crippen LogP contribution in [0.25, 0.3) is 0 Å². The molecule has 1 saturated heterocycles. The van der Waals surface area contributed by atoms with Gasteiger partial charge in [-0.2, -0.15) is 0 Å². The number of hydrogen-bond donors (Lipinski definition) is 0. The first kappa shape index (κ1) is 16.0. The van der Waals surface area contributed by atoms with Crippen molar-refractivity contribution in [3.05, 3.63) is 17.0 Å². The van der Waals surface area contributed by atoms with Crippen molar-refractivity contribution in [2.45, 2.75) is 39.5 Å². The lowest BCUT2D eigenvalue weighted by atomic mass is 9.76. The van der Waals surface area contributed by atoms with E-state index in [4.69, 9.17) is 4.52 Å². The molecule has 1 aromatic heterocycles. The first-order valence-electron chi connectivity index (χ1n) is 8.29. The van der Waals surface area contributed by atoms with Crippen LogP contribution in [0.2, 0.25) is 0 Å². The third-order valence-electron chi connectivity index (χ3n) is 5.57. The molecule has 1 saturated carbocycles. The van der Waals surface area contributed by atoms with Gasteiger partial charge < -0.3 is 14.3 Å². The summed E-state index contributed by atoms with van der Waals surface area (Å²) in [7, 11) is 3.63. The number of aryl methyl sites for hydroxylation is 2. The predicted octanol–water partition coefficient (Wildman–Crippen LogP) is 2.01. The number of carbonyl (C=O) groups excluding carboxylic acids is 2. The number of carbonyl (C=O) groups is 2. The van der Waals surface area contributed by atoms with E-state index >= 15 is 0 Å². The van der Waals surface area contributed by atoms with Crippen molar-refractivity contribution in [1.82, 2.24) is 15.0 Å². The molecule has 0 bridgehead atoms. The number of likely N-dealkylation sites (tertiary alicyclic amines) is 1. The summed E-state index contributed by atoms with van der Waals surface area (Å²) in [6.07, 6.45) is 3.94. The monoisotopic (exact) mass is 319 g/mol. The van der Waals surface area contributed by atoms with Gasteiger partial charge in [0, 0.05) is 38.5 Å². The topological polar surface area (TPSA) is 66.7 Å². The van der Waals surface area contributed by atoms with E-state index in [1.165, 1.54) is 0 Å². The molecule has 1 aromatic rings. The van der Waals surface area contributed by atoms with Crippen LogP contribution in [0.3, 0.4) is 0 Å². The molecular formula is C17H25N3O3. The summed E-state index contributed by atoms with van der Waals surface area (Å²) < 4.78 is 5.13. The highest BCUT2D eigenvalue weighted by Crippen LogP contribution is 2.50. The van der Waals surface area contributed by atoms with E-state index in [2.05, 4.69) is 5.16 Å². The Morgan fingerprint density at radius 3 is 2.65 bits per heavy atom. The Morgan fingerprint density at radius 2 is 2.04 bits per heavy atom. The summed E-state index contributed by atoms with van der Waals surface area (Å²) >= 11 is 0. The summed E-state index contributed by atoms with van der Waals surface area (Å²) in [6, 6.07) is 0. The summed E-state index contributed by atoms with van der Waals surface area (Å²) in [6.45, 7) is 4.94. The fourth-order valence-corrected chi connectivity index (χ4v) is 4.34. The van der Waals surface area contributed by atoms with E-state index in [9.17, 15) is 9.59 Å². The second kappa shape index (κ2) is 5.65. The Balaban J connectivity index is 1.80. The Bertz CT molecular complexity index is 618. The second-order valence-corrected chi connectivity index (χ2v) is 7.22. The highest BCUT2D eigenvalue weighted by atomic mass is 16.5. The van der Waals surface area contributed by atoms with Crippen LogP contribution in [-0.2, 0) is 4.79 Å². The zero-order chi connectivity index (χ0) is 16.8. The molecular weight excluding hydrogens is 294 g/mol. The Kier molecular flexibility index (Phi) is 3.94. The van der Waals surface area contributed by atoms with Crippen LogP contribution >= 0.6 is 0 Å². The van der Waals surface area contributed by atoms with Crippen molar-refractivity contribution in [2.24, 2.45) is 11.3 Å². The predicted molar refractivity (Wildman–Crippen MR) is 85.0 cm³/mol. The van der Waals surface area contributed by atoms with Gasteiger partial charge in [0.1, 0.15) is 11.3 Å². The fourth-order valence-electron chi connectivity index (χ4n) is 4.34. The lowest BCUT2D eigenvalue weighted by Crippen LogP contribution is -2.41. The van der Waals surface area contributed by atoms with E-state index in [-0.39, 0.29) is 23.1 Å². The summed E-state index contributed by atoms with van der Waals surface area (Å²) in [5, 5.41) is 3.88. The number of rotatable bonds is 2. The minimum atomic E-state index is -0.0456. The first-order chi connectivity index (χ1) is 10.9. The minimum absolute atomic E-state index is 0.0129. The molecule has 6 nitrogen and oxygen atoms in total. The maximum absolute atomic E-state index is 12.8. The second-order valence-electron chi connectivity index (χ2n) is 7.22. The van der Waals surface area contributed by atoms with E-state index in [1.54, 1.807) is 18.7 Å². The Morgan fingerprint density at radius 1 is 1.30 bits per heavy atom. The van der Waals surface area contributed by atoms with E-state index in [1.807, 2.05) is 19.0 Å². The smallest absolute Gasteiger partial charge is 0.259 e. The average Bonchev–Trinajstić information content (AvgIpc) is 3.19.